The second-order valence-electron chi connectivity index (χ2n) is 4.10. The number of carbonyl (C=O) groups is 1. The number of ketones is 1. The molecule has 2 heterocycles. The number of hydrogen-bond donors (Lipinski definition) is 0. The van der Waals surface area contributed by atoms with Crippen LogP contribution >= 0.6 is 27.3 Å². The highest BCUT2D eigenvalue weighted by molar-refractivity contribution is 9.10. The molecule has 0 aliphatic carbocycles. The molecule has 1 aliphatic heterocycles. The summed E-state index contributed by atoms with van der Waals surface area (Å²) in [6, 6.07) is 1.93. The quantitative estimate of drug-likeness (QED) is 0.797. The van der Waals surface area contributed by atoms with E-state index in [1.807, 2.05) is 11.4 Å². The van der Waals surface area contributed by atoms with Gasteiger partial charge in [0.15, 0.2) is 5.78 Å². The van der Waals surface area contributed by atoms with Crippen LogP contribution in [0.3, 0.4) is 0 Å². The van der Waals surface area contributed by atoms with E-state index in [9.17, 15) is 4.79 Å². The molecule has 0 saturated carbocycles. The number of hydrogen-bond acceptors (Lipinski definition) is 4. The van der Waals surface area contributed by atoms with Crippen molar-refractivity contribution in [1.29, 1.82) is 0 Å². The van der Waals surface area contributed by atoms with Crippen molar-refractivity contribution in [2.75, 3.05) is 39.8 Å². The van der Waals surface area contributed by atoms with Gasteiger partial charge >= 0.3 is 0 Å². The zero-order chi connectivity index (χ0) is 11.5. The summed E-state index contributed by atoms with van der Waals surface area (Å²) in [5.41, 5.74) is 0. The van der Waals surface area contributed by atoms with Gasteiger partial charge in [-0.2, -0.15) is 0 Å². The molecule has 0 unspecified atom stereocenters. The van der Waals surface area contributed by atoms with Gasteiger partial charge in [0.1, 0.15) is 0 Å². The van der Waals surface area contributed by atoms with Crippen LogP contribution in [0.1, 0.15) is 9.67 Å². The summed E-state index contributed by atoms with van der Waals surface area (Å²) < 4.78 is 0.927. The molecule has 1 saturated heterocycles. The Morgan fingerprint density at radius 1 is 1.44 bits per heavy atom. The van der Waals surface area contributed by atoms with Crippen molar-refractivity contribution in [2.45, 2.75) is 0 Å². The predicted molar refractivity (Wildman–Crippen MR) is 70.3 cm³/mol. The van der Waals surface area contributed by atoms with Gasteiger partial charge in [-0.25, -0.2) is 0 Å². The Labute approximate surface area is 108 Å². The molecule has 0 spiro atoms. The minimum atomic E-state index is 0.228. The average Bonchev–Trinajstić information content (AvgIpc) is 2.68. The summed E-state index contributed by atoms with van der Waals surface area (Å²) in [4.78, 5) is 17.4. The Balaban J connectivity index is 1.91. The molecule has 1 aromatic rings. The van der Waals surface area contributed by atoms with E-state index in [0.29, 0.717) is 6.54 Å². The molecule has 0 bridgehead atoms. The maximum absolute atomic E-state index is 12.0. The molecule has 3 nitrogen and oxygen atoms in total. The van der Waals surface area contributed by atoms with Gasteiger partial charge in [0, 0.05) is 30.7 Å². The van der Waals surface area contributed by atoms with Gasteiger partial charge in [-0.05, 0) is 34.4 Å². The number of thiophene rings is 1. The molecule has 1 fully saturated rings. The normalized spacial score (nSPS) is 18.9. The molecule has 0 radical (unpaired) electrons. The van der Waals surface area contributed by atoms with Crippen LogP contribution in [-0.2, 0) is 0 Å². The monoisotopic (exact) mass is 302 g/mol. The van der Waals surface area contributed by atoms with Crippen LogP contribution < -0.4 is 0 Å². The van der Waals surface area contributed by atoms with Crippen molar-refractivity contribution >= 4 is 33.0 Å². The first-order valence-electron chi connectivity index (χ1n) is 5.34. The molecule has 0 atom stereocenters. The third-order valence-corrected chi connectivity index (χ3v) is 4.71. The molecule has 0 N–H and O–H groups in total. The Kier molecular flexibility index (Phi) is 4.13. The number of Topliss-reactive ketones (excluding diaryl/α,β-unsaturated/α-hetero) is 1. The van der Waals surface area contributed by atoms with Crippen LogP contribution in [0.2, 0.25) is 0 Å². The van der Waals surface area contributed by atoms with Crippen LogP contribution in [0.4, 0.5) is 0 Å². The SMILES string of the molecule is CN1CCN(CC(=O)c2sccc2Br)CC1. The molecular formula is C11H15BrN2OS. The van der Waals surface area contributed by atoms with Crippen LogP contribution in [0, 0.1) is 0 Å². The molecule has 88 valence electrons. The second-order valence-corrected chi connectivity index (χ2v) is 5.87. The van der Waals surface area contributed by atoms with E-state index in [2.05, 4.69) is 32.8 Å². The van der Waals surface area contributed by atoms with Gasteiger partial charge < -0.3 is 4.90 Å². The molecule has 0 aromatic carbocycles. The largest absolute Gasteiger partial charge is 0.304 e. The molecule has 0 amide bonds. The fraction of sp³-hybridized carbons (Fsp3) is 0.545. The highest BCUT2D eigenvalue weighted by Crippen LogP contribution is 2.23. The standard InChI is InChI=1S/C11H15BrN2OS/c1-13-3-5-14(6-4-13)8-10(15)11-9(12)2-7-16-11/h2,7H,3-6,8H2,1H3. The summed E-state index contributed by atoms with van der Waals surface area (Å²) >= 11 is 4.92. The Morgan fingerprint density at radius 3 is 2.69 bits per heavy atom. The van der Waals surface area contributed by atoms with Gasteiger partial charge in [0.25, 0.3) is 0 Å². The number of halogens is 1. The smallest absolute Gasteiger partial charge is 0.187 e. The summed E-state index contributed by atoms with van der Waals surface area (Å²) in [6.07, 6.45) is 0. The van der Waals surface area contributed by atoms with Crippen molar-refractivity contribution in [2.24, 2.45) is 0 Å². The number of rotatable bonds is 3. The van der Waals surface area contributed by atoms with E-state index in [1.54, 1.807) is 0 Å². The van der Waals surface area contributed by atoms with Crippen LogP contribution in [0.5, 0.6) is 0 Å². The van der Waals surface area contributed by atoms with E-state index < -0.39 is 0 Å². The molecular weight excluding hydrogens is 288 g/mol. The number of piperazine rings is 1. The van der Waals surface area contributed by atoms with E-state index in [0.717, 1.165) is 35.5 Å². The average molecular weight is 303 g/mol. The highest BCUT2D eigenvalue weighted by Gasteiger charge is 2.19. The summed E-state index contributed by atoms with van der Waals surface area (Å²) in [7, 11) is 2.12. The van der Waals surface area contributed by atoms with Crippen molar-refractivity contribution < 1.29 is 4.79 Å². The Hall–Kier alpha value is -0.230. The predicted octanol–water partition coefficient (Wildman–Crippen LogP) is 1.94. The van der Waals surface area contributed by atoms with Gasteiger partial charge in [0.05, 0.1) is 11.4 Å². The number of nitrogens with zero attached hydrogens (tertiary/aromatic N) is 2. The third-order valence-electron chi connectivity index (χ3n) is 2.83. The lowest BCUT2D eigenvalue weighted by atomic mass is 10.2. The van der Waals surface area contributed by atoms with Crippen molar-refractivity contribution in [3.63, 3.8) is 0 Å². The molecule has 2 rings (SSSR count). The summed E-state index contributed by atoms with van der Waals surface area (Å²) in [5, 5.41) is 1.95. The van der Waals surface area contributed by atoms with Crippen molar-refractivity contribution in [1.82, 2.24) is 9.80 Å². The van der Waals surface area contributed by atoms with Gasteiger partial charge in [0.2, 0.25) is 0 Å². The first kappa shape index (κ1) is 12.2. The van der Waals surface area contributed by atoms with Crippen LogP contribution in [0.25, 0.3) is 0 Å². The maximum atomic E-state index is 12.0. The second kappa shape index (κ2) is 5.40. The number of likely N-dealkylation sites (N-methyl/N-ethyl adjacent to an activating group) is 1. The first-order valence-corrected chi connectivity index (χ1v) is 7.01. The van der Waals surface area contributed by atoms with Gasteiger partial charge in [-0.15, -0.1) is 11.3 Å². The summed E-state index contributed by atoms with van der Waals surface area (Å²) in [5.74, 6) is 0.228. The van der Waals surface area contributed by atoms with Crippen molar-refractivity contribution in [3.8, 4) is 0 Å². The lowest BCUT2D eigenvalue weighted by Crippen LogP contribution is -2.46. The van der Waals surface area contributed by atoms with Gasteiger partial charge in [-0.1, -0.05) is 0 Å². The Bertz CT molecular complexity index is 372. The van der Waals surface area contributed by atoms with Gasteiger partial charge in [-0.3, -0.25) is 9.69 Å². The van der Waals surface area contributed by atoms with E-state index in [1.165, 1.54) is 11.3 Å². The fourth-order valence-corrected chi connectivity index (χ4v) is 3.30. The molecule has 5 heteroatoms. The molecule has 1 aliphatic rings. The lowest BCUT2D eigenvalue weighted by molar-refractivity contribution is 0.0879. The fourth-order valence-electron chi connectivity index (χ4n) is 1.77. The van der Waals surface area contributed by atoms with Crippen molar-refractivity contribution in [3.05, 3.63) is 20.8 Å². The maximum Gasteiger partial charge on any atom is 0.187 e. The first-order chi connectivity index (χ1) is 7.66. The Morgan fingerprint density at radius 2 is 2.12 bits per heavy atom. The zero-order valence-electron chi connectivity index (χ0n) is 9.28. The molecule has 1 aromatic heterocycles. The minimum absolute atomic E-state index is 0.228. The lowest BCUT2D eigenvalue weighted by Gasteiger charge is -2.31. The van der Waals surface area contributed by atoms with E-state index in [-0.39, 0.29) is 5.78 Å². The summed E-state index contributed by atoms with van der Waals surface area (Å²) in [6.45, 7) is 4.64. The number of carbonyl (C=O) groups excluding carboxylic acids is 1. The molecule has 16 heavy (non-hydrogen) atoms. The minimum Gasteiger partial charge on any atom is -0.304 e. The van der Waals surface area contributed by atoms with Crippen LogP contribution in [0.15, 0.2) is 15.9 Å². The highest BCUT2D eigenvalue weighted by atomic mass is 79.9. The zero-order valence-corrected chi connectivity index (χ0v) is 11.7. The third kappa shape index (κ3) is 2.91. The van der Waals surface area contributed by atoms with E-state index in [4.69, 9.17) is 0 Å². The van der Waals surface area contributed by atoms with E-state index >= 15 is 0 Å². The van der Waals surface area contributed by atoms with Crippen LogP contribution in [-0.4, -0.2) is 55.4 Å². The topological polar surface area (TPSA) is 23.6 Å².